The number of hydrogen-bond acceptors (Lipinski definition) is 2. The number of rotatable bonds is 6. The van der Waals surface area contributed by atoms with E-state index >= 15 is 0 Å². The van der Waals surface area contributed by atoms with Gasteiger partial charge in [-0.1, -0.05) is 0 Å². The van der Waals surface area contributed by atoms with Crippen molar-refractivity contribution in [2.45, 2.75) is 13.8 Å². The van der Waals surface area contributed by atoms with Gasteiger partial charge in [-0.15, -0.1) is 0 Å². The second-order valence-corrected chi connectivity index (χ2v) is 39.1. The van der Waals surface area contributed by atoms with Gasteiger partial charge in [0.25, 0.3) is 0 Å². The first-order valence-corrected chi connectivity index (χ1v) is 22.3. The van der Waals surface area contributed by atoms with E-state index in [1.807, 2.05) is 0 Å². The van der Waals surface area contributed by atoms with Crippen LogP contribution in [0.15, 0.2) is 73.0 Å². The molecule has 2 aromatic rings. The van der Waals surface area contributed by atoms with Crippen LogP contribution in [0.2, 0.25) is 6.55 Å². The second-order valence-electron chi connectivity index (χ2n) is 9.12. The topological polar surface area (TPSA) is 6.48 Å². The van der Waals surface area contributed by atoms with Gasteiger partial charge in [0.1, 0.15) is 0 Å². The van der Waals surface area contributed by atoms with Crippen molar-refractivity contribution < 1.29 is 18.5 Å². The van der Waals surface area contributed by atoms with E-state index in [-0.39, 0.29) is 0 Å². The molecular weight excluding hydrogens is 448 g/mol. The van der Waals surface area contributed by atoms with Crippen LogP contribution >= 0.6 is 0 Å². The molecule has 2 aliphatic rings. The molecule has 2 nitrogen and oxygen atoms in total. The van der Waals surface area contributed by atoms with Gasteiger partial charge in [0.15, 0.2) is 0 Å². The molecule has 0 fully saturated rings. The predicted octanol–water partition coefficient (Wildman–Crippen LogP) is 5.24. The van der Waals surface area contributed by atoms with Gasteiger partial charge in [-0.05, 0) is 0 Å². The Bertz CT molecular complexity index is 934. The molecule has 0 amide bonds. The summed E-state index contributed by atoms with van der Waals surface area (Å²) >= 11 is -4.02. The van der Waals surface area contributed by atoms with Crippen LogP contribution < -0.4 is 0 Å². The van der Waals surface area contributed by atoms with Crippen LogP contribution in [-0.2, 0) is 18.5 Å². The van der Waals surface area contributed by atoms with Gasteiger partial charge in [0, 0.05) is 0 Å². The van der Waals surface area contributed by atoms with Crippen LogP contribution in [0.5, 0.6) is 0 Å². The molecule has 4 heteroatoms. The molecular formula is C25H33N2SiZr. The third kappa shape index (κ3) is 2.50. The minimum atomic E-state index is -4.02. The van der Waals surface area contributed by atoms with Crippen LogP contribution in [0.25, 0.3) is 12.2 Å². The van der Waals surface area contributed by atoms with Crippen LogP contribution in [0.3, 0.4) is 0 Å². The van der Waals surface area contributed by atoms with Crippen molar-refractivity contribution in [3.05, 3.63) is 95.2 Å². The average molecular weight is 481 g/mol. The maximum atomic E-state index is 4.40. The van der Waals surface area contributed by atoms with Crippen molar-refractivity contribution in [2.75, 3.05) is 28.2 Å². The molecule has 0 bridgehead atoms. The Labute approximate surface area is 178 Å². The molecule has 0 spiro atoms. The maximum absolute atomic E-state index is 4.40. The first-order valence-electron chi connectivity index (χ1n) is 10.6. The van der Waals surface area contributed by atoms with Gasteiger partial charge in [-0.2, -0.15) is 0 Å². The summed E-state index contributed by atoms with van der Waals surface area (Å²) in [4.78, 5) is 0. The SMILES string of the molecule is C=C[SiH](C)[Zr]([CH]1C=Cc2ccccc21)([CH]1C=Cc2ccccc21)([N](C)C)[N](C)C. The second kappa shape index (κ2) is 7.42. The van der Waals surface area contributed by atoms with Crippen molar-refractivity contribution >= 4 is 18.1 Å². The zero-order valence-corrected chi connectivity index (χ0v) is 22.0. The molecule has 0 aliphatic heterocycles. The van der Waals surface area contributed by atoms with E-state index in [0.29, 0.717) is 7.25 Å². The van der Waals surface area contributed by atoms with Gasteiger partial charge < -0.3 is 0 Å². The normalized spacial score (nSPS) is 22.4. The monoisotopic (exact) mass is 479 g/mol. The van der Waals surface area contributed by atoms with Gasteiger partial charge in [0.05, 0.1) is 0 Å². The van der Waals surface area contributed by atoms with Crippen molar-refractivity contribution in [1.82, 2.24) is 5.69 Å². The van der Waals surface area contributed by atoms with Crippen LogP contribution in [0.4, 0.5) is 0 Å². The van der Waals surface area contributed by atoms with E-state index in [0.717, 1.165) is 0 Å². The summed E-state index contributed by atoms with van der Waals surface area (Å²) in [5.74, 6) is -1.38. The number of hydrogen-bond donors (Lipinski definition) is 0. The van der Waals surface area contributed by atoms with Crippen molar-refractivity contribution in [3.8, 4) is 0 Å². The summed E-state index contributed by atoms with van der Waals surface area (Å²) in [5, 5.41) is 0. The molecule has 151 valence electrons. The molecule has 4 rings (SSSR count). The summed E-state index contributed by atoms with van der Waals surface area (Å²) in [6.45, 7) is 6.96. The van der Waals surface area contributed by atoms with E-state index in [1.165, 1.54) is 22.3 Å². The Balaban J connectivity index is 2.12. The molecule has 0 saturated carbocycles. The first kappa shape index (κ1) is 20.9. The van der Waals surface area contributed by atoms with Crippen LogP contribution in [-0.4, -0.2) is 39.8 Å². The number of benzene rings is 2. The standard InChI is InChI=1S/2C9H7.C3H7Si.2C2H6N.Zr/c2*1-2-5-9-7-3-6-8(9)4-1;1-3-4-2;2*1-3-2;/h2*1-7H;3-4H,1H2,2H3;2*1-2H3;/q;;;2*-1;+2. The zero-order chi connectivity index (χ0) is 20.8. The van der Waals surface area contributed by atoms with Gasteiger partial charge >= 0.3 is 179 Å². The Morgan fingerprint density at radius 1 is 0.793 bits per heavy atom. The molecule has 2 aromatic carbocycles. The summed E-state index contributed by atoms with van der Waals surface area (Å²) in [6, 6.07) is 18.1. The molecule has 0 N–H and O–H groups in total. The fourth-order valence-corrected chi connectivity index (χ4v) is 52.7. The van der Waals surface area contributed by atoms with E-state index in [9.17, 15) is 0 Å². The fourth-order valence-electron chi connectivity index (χ4n) is 6.86. The van der Waals surface area contributed by atoms with Crippen LogP contribution in [0, 0.1) is 0 Å². The zero-order valence-electron chi connectivity index (χ0n) is 18.3. The number of fused-ring (bicyclic) bond motifs is 2. The summed E-state index contributed by atoms with van der Waals surface area (Å²) in [6.07, 6.45) is 9.82. The van der Waals surface area contributed by atoms with E-state index in [2.05, 4.69) is 126 Å². The fraction of sp³-hybridized carbons (Fsp3) is 0.280. The van der Waals surface area contributed by atoms with Crippen molar-refractivity contribution in [3.63, 3.8) is 0 Å². The van der Waals surface area contributed by atoms with Crippen molar-refractivity contribution in [1.29, 1.82) is 0 Å². The third-order valence-corrected chi connectivity index (χ3v) is 54.9. The third-order valence-electron chi connectivity index (χ3n) is 8.11. The van der Waals surface area contributed by atoms with Crippen molar-refractivity contribution in [2.24, 2.45) is 0 Å². The number of nitrogens with zero attached hydrogens (tertiary/aromatic N) is 2. The Kier molecular flexibility index (Phi) is 5.36. The Morgan fingerprint density at radius 3 is 1.59 bits per heavy atom. The molecule has 0 saturated heterocycles. The quantitative estimate of drug-likeness (QED) is 0.521. The Morgan fingerprint density at radius 2 is 1.21 bits per heavy atom. The van der Waals surface area contributed by atoms with Crippen LogP contribution in [0.1, 0.15) is 29.5 Å². The van der Waals surface area contributed by atoms with E-state index < -0.39 is 24.4 Å². The van der Waals surface area contributed by atoms with Gasteiger partial charge in [0.2, 0.25) is 0 Å². The average Bonchev–Trinajstić information content (AvgIpc) is 3.34. The molecule has 0 aromatic heterocycles. The van der Waals surface area contributed by atoms with Gasteiger partial charge in [-0.25, -0.2) is 0 Å². The number of allylic oxidation sites excluding steroid dienone is 2. The minimum absolute atomic E-state index is 0.457. The summed E-state index contributed by atoms with van der Waals surface area (Å²) in [5.41, 5.74) is 8.18. The molecule has 3 atom stereocenters. The molecule has 2 aliphatic carbocycles. The molecule has 0 heterocycles. The molecule has 29 heavy (non-hydrogen) atoms. The molecule has 0 radical (unpaired) electrons. The van der Waals surface area contributed by atoms with E-state index in [4.69, 9.17) is 0 Å². The summed E-state index contributed by atoms with van der Waals surface area (Å²) < 4.78 is 6.37. The molecule has 3 unspecified atom stereocenters. The first-order chi connectivity index (χ1) is 13.9. The summed E-state index contributed by atoms with van der Waals surface area (Å²) in [7, 11) is 9.45. The predicted molar refractivity (Wildman–Crippen MR) is 127 cm³/mol. The Hall–Kier alpha value is -1.32. The van der Waals surface area contributed by atoms with E-state index in [1.54, 1.807) is 0 Å². The van der Waals surface area contributed by atoms with Gasteiger partial charge in [-0.3, -0.25) is 0 Å².